The van der Waals surface area contributed by atoms with E-state index in [0.29, 0.717) is 29.1 Å². The van der Waals surface area contributed by atoms with Crippen LogP contribution < -0.4 is 10.3 Å². The molecule has 9 heteroatoms. The molecule has 0 N–H and O–H groups in total. The van der Waals surface area contributed by atoms with E-state index in [-0.39, 0.29) is 17.6 Å². The molecule has 0 aliphatic rings. The zero-order valence-corrected chi connectivity index (χ0v) is 20.7. The van der Waals surface area contributed by atoms with E-state index in [1.807, 2.05) is 31.3 Å². The van der Waals surface area contributed by atoms with Crippen molar-refractivity contribution in [3.63, 3.8) is 0 Å². The minimum Gasteiger partial charge on any atom is -0.494 e. The van der Waals surface area contributed by atoms with Crippen molar-refractivity contribution in [3.8, 4) is 5.75 Å². The minimum atomic E-state index is -0.106. The molecule has 0 saturated heterocycles. The molecule has 0 radical (unpaired) electrons. The molecule has 3 rings (SSSR count). The molecule has 178 valence electrons. The number of carbonyl (C=O) groups is 1. The summed E-state index contributed by atoms with van der Waals surface area (Å²) in [4.78, 5) is 47.4. The number of rotatable bonds is 9. The minimum absolute atomic E-state index is 0.0940. The number of amides is 1. The third-order valence-electron chi connectivity index (χ3n) is 5.60. The average Bonchev–Trinajstić information content (AvgIpc) is 3.22. The van der Waals surface area contributed by atoms with Crippen molar-refractivity contribution in [1.82, 2.24) is 14.4 Å². The molecular formula is C24H31N3O5S. The van der Waals surface area contributed by atoms with Crippen LogP contribution in [-0.4, -0.2) is 66.8 Å². The Bertz CT molecular complexity index is 1190. The number of benzene rings is 1. The van der Waals surface area contributed by atoms with Crippen molar-refractivity contribution in [3.05, 3.63) is 39.5 Å². The number of thiophene rings is 1. The monoisotopic (exact) mass is 473 g/mol. The second kappa shape index (κ2) is 12.3. The van der Waals surface area contributed by atoms with Crippen LogP contribution >= 0.6 is 11.3 Å². The van der Waals surface area contributed by atoms with Gasteiger partial charge in [-0.15, -0.1) is 11.3 Å². The van der Waals surface area contributed by atoms with E-state index >= 15 is 0 Å². The number of hydrogen-bond donors (Lipinski definition) is 0. The quantitative estimate of drug-likeness (QED) is 0.473. The van der Waals surface area contributed by atoms with Gasteiger partial charge in [0.2, 0.25) is 0 Å². The number of aromatic nitrogens is 1. The highest BCUT2D eigenvalue weighted by Crippen LogP contribution is 2.40. The van der Waals surface area contributed by atoms with Crippen molar-refractivity contribution in [2.75, 3.05) is 40.3 Å². The standard InChI is InChI=1S/C23H31N3O3S.CO2/c1-6-13-26-17-12-10-9-11-16(17)20-18(22(26)27)19(29-5)21(30-20)23(28)24(4)14-15-25(7-2)8-3;2-1-3/h9-12H,6-8,13-15H2,1-5H3;. The number of pyridine rings is 1. The number of aryl methyl sites for hydroxylation is 1. The molecule has 0 atom stereocenters. The van der Waals surface area contributed by atoms with Crippen LogP contribution in [0.25, 0.3) is 21.0 Å². The van der Waals surface area contributed by atoms with Gasteiger partial charge in [-0.25, -0.2) is 0 Å². The zero-order valence-electron chi connectivity index (χ0n) is 19.8. The molecule has 0 bridgehead atoms. The van der Waals surface area contributed by atoms with E-state index in [1.54, 1.807) is 9.47 Å². The molecular weight excluding hydrogens is 442 g/mol. The maximum absolute atomic E-state index is 13.4. The molecule has 2 heterocycles. The normalized spacial score (nSPS) is 10.7. The van der Waals surface area contributed by atoms with E-state index in [9.17, 15) is 9.59 Å². The van der Waals surface area contributed by atoms with Crippen molar-refractivity contribution >= 4 is 44.4 Å². The first-order valence-electron chi connectivity index (χ1n) is 11.0. The number of ether oxygens (including phenoxy) is 1. The Kier molecular flexibility index (Phi) is 9.78. The number of hydrogen-bond acceptors (Lipinski definition) is 7. The Hall–Kier alpha value is -3.00. The number of likely N-dealkylation sites (N-methyl/N-ethyl adjacent to an activating group) is 2. The summed E-state index contributed by atoms with van der Waals surface area (Å²) in [5.41, 5.74) is 0.804. The largest absolute Gasteiger partial charge is 0.494 e. The van der Waals surface area contributed by atoms with Gasteiger partial charge >= 0.3 is 6.15 Å². The summed E-state index contributed by atoms with van der Waals surface area (Å²) in [6, 6.07) is 7.89. The highest BCUT2D eigenvalue weighted by molar-refractivity contribution is 7.22. The summed E-state index contributed by atoms with van der Waals surface area (Å²) in [6.45, 7) is 10.3. The lowest BCUT2D eigenvalue weighted by molar-refractivity contribution is -0.191. The predicted molar refractivity (Wildman–Crippen MR) is 130 cm³/mol. The number of para-hydroxylation sites is 1. The second-order valence-electron chi connectivity index (χ2n) is 7.48. The van der Waals surface area contributed by atoms with Crippen molar-refractivity contribution in [2.45, 2.75) is 33.7 Å². The highest BCUT2D eigenvalue weighted by atomic mass is 32.1. The molecule has 2 aromatic heterocycles. The van der Waals surface area contributed by atoms with Gasteiger partial charge in [0.25, 0.3) is 11.5 Å². The summed E-state index contributed by atoms with van der Waals surface area (Å²) in [7, 11) is 3.34. The molecule has 1 aromatic carbocycles. The van der Waals surface area contributed by atoms with Crippen LogP contribution in [0.3, 0.4) is 0 Å². The van der Waals surface area contributed by atoms with Gasteiger partial charge in [0.15, 0.2) is 5.75 Å². The molecule has 0 saturated carbocycles. The van der Waals surface area contributed by atoms with Gasteiger partial charge in [-0.05, 0) is 25.6 Å². The molecule has 0 fully saturated rings. The van der Waals surface area contributed by atoms with Gasteiger partial charge in [-0.3, -0.25) is 9.59 Å². The maximum Gasteiger partial charge on any atom is 0.373 e. The van der Waals surface area contributed by atoms with Crippen LogP contribution in [0, 0.1) is 0 Å². The fourth-order valence-corrected chi connectivity index (χ4v) is 5.12. The maximum atomic E-state index is 13.4. The van der Waals surface area contributed by atoms with Crippen molar-refractivity contribution < 1.29 is 19.1 Å². The fraction of sp³-hybridized carbons (Fsp3) is 0.458. The predicted octanol–water partition coefficient (Wildman–Crippen LogP) is 3.47. The highest BCUT2D eigenvalue weighted by Gasteiger charge is 2.26. The van der Waals surface area contributed by atoms with E-state index < -0.39 is 0 Å². The Balaban J connectivity index is 0.00000122. The van der Waals surface area contributed by atoms with E-state index in [4.69, 9.17) is 14.3 Å². The van der Waals surface area contributed by atoms with Crippen molar-refractivity contribution in [2.24, 2.45) is 0 Å². The van der Waals surface area contributed by atoms with Crippen LogP contribution in [0.2, 0.25) is 0 Å². The molecule has 3 aromatic rings. The molecule has 8 nitrogen and oxygen atoms in total. The third kappa shape index (κ3) is 5.50. The molecule has 0 aliphatic carbocycles. The van der Waals surface area contributed by atoms with E-state index in [2.05, 4.69) is 25.7 Å². The Labute approximate surface area is 197 Å². The lowest BCUT2D eigenvalue weighted by Gasteiger charge is -2.23. The summed E-state index contributed by atoms with van der Waals surface area (Å²) in [5, 5.41) is 1.49. The average molecular weight is 474 g/mol. The number of methoxy groups -OCH3 is 1. The molecule has 1 amide bonds. The third-order valence-corrected chi connectivity index (χ3v) is 6.79. The zero-order chi connectivity index (χ0) is 24.5. The first-order valence-corrected chi connectivity index (χ1v) is 11.8. The van der Waals surface area contributed by atoms with Crippen LogP contribution in [0.15, 0.2) is 29.1 Å². The van der Waals surface area contributed by atoms with Crippen LogP contribution in [0.4, 0.5) is 0 Å². The molecule has 0 spiro atoms. The van der Waals surface area contributed by atoms with Gasteiger partial charge in [0, 0.05) is 32.1 Å². The summed E-state index contributed by atoms with van der Waals surface area (Å²) in [5.74, 6) is 0.293. The first-order chi connectivity index (χ1) is 15.9. The lowest BCUT2D eigenvalue weighted by Crippen LogP contribution is -2.36. The number of carbonyl (C=O) groups excluding carboxylic acids is 3. The van der Waals surface area contributed by atoms with Gasteiger partial charge in [0.05, 0.1) is 17.3 Å². The smallest absolute Gasteiger partial charge is 0.373 e. The number of fused-ring (bicyclic) bond motifs is 3. The van der Waals surface area contributed by atoms with Gasteiger partial charge in [-0.2, -0.15) is 9.59 Å². The van der Waals surface area contributed by atoms with Crippen LogP contribution in [0.1, 0.15) is 36.9 Å². The fourth-order valence-electron chi connectivity index (χ4n) is 3.83. The molecule has 0 aliphatic heterocycles. The van der Waals surface area contributed by atoms with Crippen LogP contribution in [0.5, 0.6) is 5.75 Å². The van der Waals surface area contributed by atoms with Gasteiger partial charge < -0.3 is 19.1 Å². The molecule has 33 heavy (non-hydrogen) atoms. The number of nitrogens with zero attached hydrogens (tertiary/aromatic N) is 3. The topological polar surface area (TPSA) is 88.9 Å². The van der Waals surface area contributed by atoms with E-state index in [0.717, 1.165) is 41.7 Å². The van der Waals surface area contributed by atoms with E-state index in [1.165, 1.54) is 18.4 Å². The summed E-state index contributed by atoms with van der Waals surface area (Å²) >= 11 is 1.36. The lowest BCUT2D eigenvalue weighted by atomic mass is 10.1. The summed E-state index contributed by atoms with van der Waals surface area (Å²) in [6.07, 6.45) is 1.10. The first kappa shape index (κ1) is 26.3. The Morgan fingerprint density at radius 1 is 1.12 bits per heavy atom. The summed E-state index contributed by atoms with van der Waals surface area (Å²) < 4.78 is 8.26. The van der Waals surface area contributed by atoms with Gasteiger partial charge in [-0.1, -0.05) is 39.0 Å². The Morgan fingerprint density at radius 3 is 2.33 bits per heavy atom. The van der Waals surface area contributed by atoms with Crippen molar-refractivity contribution in [1.29, 1.82) is 0 Å². The second-order valence-corrected chi connectivity index (χ2v) is 8.50. The Morgan fingerprint density at radius 2 is 1.76 bits per heavy atom. The SMILES string of the molecule is CCCn1c(=O)c2c(OC)c(C(=O)N(C)CCN(CC)CC)sc2c2ccccc21.O=C=O. The molecule has 0 unspecified atom stereocenters. The van der Waals surface area contributed by atoms with Crippen LogP contribution in [-0.2, 0) is 16.1 Å². The van der Waals surface area contributed by atoms with Gasteiger partial charge in [0.1, 0.15) is 10.3 Å².